The first-order valence-electron chi connectivity index (χ1n) is 5.04. The first kappa shape index (κ1) is 12.8. The Hall–Kier alpha value is -1.29. The molecule has 0 fully saturated rings. The van der Waals surface area contributed by atoms with E-state index in [0.29, 0.717) is 11.5 Å². The van der Waals surface area contributed by atoms with Gasteiger partial charge in [0.15, 0.2) is 0 Å². The van der Waals surface area contributed by atoms with Crippen molar-refractivity contribution in [1.29, 1.82) is 0 Å². The Morgan fingerprint density at radius 3 is 2.31 bits per heavy atom. The molecule has 1 aromatic carbocycles. The number of benzene rings is 1. The fourth-order valence-corrected chi connectivity index (χ4v) is 2.06. The molecule has 1 amide bonds. The lowest BCUT2D eigenvalue weighted by Gasteiger charge is -2.14. The summed E-state index contributed by atoms with van der Waals surface area (Å²) in [7, 11) is 1.58. The van der Waals surface area contributed by atoms with Crippen LogP contribution in [0.3, 0.4) is 0 Å². The van der Waals surface area contributed by atoms with Crippen molar-refractivity contribution in [3.05, 3.63) is 24.3 Å². The average Bonchev–Trinajstić information content (AvgIpc) is 2.27. The molecule has 0 saturated carbocycles. The van der Waals surface area contributed by atoms with Crippen molar-refractivity contribution in [3.63, 3.8) is 0 Å². The van der Waals surface area contributed by atoms with E-state index in [2.05, 4.69) is 13.8 Å². The van der Waals surface area contributed by atoms with Gasteiger partial charge in [0.2, 0.25) is 6.29 Å². The van der Waals surface area contributed by atoms with Gasteiger partial charge in [-0.05, 0) is 24.3 Å². The maximum atomic E-state index is 11.1. The monoisotopic (exact) mass is 237 g/mol. The van der Waals surface area contributed by atoms with Gasteiger partial charge in [0.05, 0.1) is 0 Å². The van der Waals surface area contributed by atoms with E-state index in [9.17, 15) is 9.59 Å². The minimum absolute atomic E-state index is 0.316. The van der Waals surface area contributed by atoms with Crippen LogP contribution < -0.4 is 4.90 Å². The fraction of sp³-hybridized carbons (Fsp3) is 0.333. The second-order valence-electron chi connectivity index (χ2n) is 3.68. The molecule has 0 aliphatic carbocycles. The molecule has 16 heavy (non-hydrogen) atoms. The van der Waals surface area contributed by atoms with E-state index >= 15 is 0 Å². The molecule has 0 heterocycles. The van der Waals surface area contributed by atoms with Crippen molar-refractivity contribution in [1.82, 2.24) is 0 Å². The van der Waals surface area contributed by atoms with Crippen LogP contribution in [0, 0.1) is 0 Å². The highest BCUT2D eigenvalue weighted by atomic mass is 32.2. The number of hydrogen-bond donors (Lipinski definition) is 0. The molecular formula is C12H15NO2S. The lowest BCUT2D eigenvalue weighted by molar-refractivity contribution is -0.129. The zero-order valence-corrected chi connectivity index (χ0v) is 10.5. The minimum Gasteiger partial charge on any atom is -0.309 e. The smallest absolute Gasteiger partial charge is 0.290 e. The molecule has 0 aromatic heterocycles. The zero-order valence-electron chi connectivity index (χ0n) is 9.64. The molecule has 86 valence electrons. The van der Waals surface area contributed by atoms with E-state index in [4.69, 9.17) is 0 Å². The van der Waals surface area contributed by atoms with Crippen LogP contribution in [0.2, 0.25) is 0 Å². The van der Waals surface area contributed by atoms with E-state index in [1.807, 2.05) is 24.3 Å². The van der Waals surface area contributed by atoms with Crippen molar-refractivity contribution in [2.24, 2.45) is 0 Å². The summed E-state index contributed by atoms with van der Waals surface area (Å²) >= 11 is 1.76. The summed E-state index contributed by atoms with van der Waals surface area (Å²) in [5, 5.41) is 0.528. The van der Waals surface area contributed by atoms with Crippen LogP contribution in [0.15, 0.2) is 29.2 Å². The molecule has 0 saturated heterocycles. The van der Waals surface area contributed by atoms with Crippen LogP contribution in [0.4, 0.5) is 5.69 Å². The van der Waals surface area contributed by atoms with E-state index < -0.39 is 5.91 Å². The Kier molecular flexibility index (Phi) is 4.55. The maximum Gasteiger partial charge on any atom is 0.290 e. The number of hydrogen-bond acceptors (Lipinski definition) is 3. The van der Waals surface area contributed by atoms with Crippen LogP contribution in [0.25, 0.3) is 0 Å². The quantitative estimate of drug-likeness (QED) is 0.458. The van der Waals surface area contributed by atoms with Gasteiger partial charge < -0.3 is 4.90 Å². The number of aldehydes is 1. The Balaban J connectivity index is 2.78. The number of anilines is 1. The summed E-state index contributed by atoms with van der Waals surface area (Å²) in [5.74, 6) is -0.538. The Labute approximate surface area is 99.8 Å². The molecule has 1 aromatic rings. The zero-order chi connectivity index (χ0) is 12.1. The van der Waals surface area contributed by atoms with Gasteiger partial charge in [-0.25, -0.2) is 0 Å². The lowest BCUT2D eigenvalue weighted by Crippen LogP contribution is -2.26. The Bertz CT molecular complexity index is 373. The molecular weight excluding hydrogens is 222 g/mol. The normalized spacial score (nSPS) is 10.2. The molecule has 4 heteroatoms. The van der Waals surface area contributed by atoms with E-state index in [0.717, 1.165) is 10.6 Å². The van der Waals surface area contributed by atoms with Gasteiger partial charge in [-0.2, -0.15) is 0 Å². The third-order valence-corrected chi connectivity index (χ3v) is 3.04. The third kappa shape index (κ3) is 3.38. The van der Waals surface area contributed by atoms with Crippen molar-refractivity contribution in [2.75, 3.05) is 11.9 Å². The van der Waals surface area contributed by atoms with E-state index in [1.165, 1.54) is 4.90 Å². The largest absolute Gasteiger partial charge is 0.309 e. The van der Waals surface area contributed by atoms with Gasteiger partial charge in [-0.3, -0.25) is 9.59 Å². The van der Waals surface area contributed by atoms with Gasteiger partial charge in [0.25, 0.3) is 5.91 Å². The maximum absolute atomic E-state index is 11.1. The summed E-state index contributed by atoms with van der Waals surface area (Å²) in [6.07, 6.45) is 0.316. The molecule has 1 rings (SSSR count). The van der Waals surface area contributed by atoms with Gasteiger partial charge in [0, 0.05) is 22.9 Å². The molecule has 0 aliphatic heterocycles. The highest BCUT2D eigenvalue weighted by Crippen LogP contribution is 2.25. The highest BCUT2D eigenvalue weighted by Gasteiger charge is 2.09. The van der Waals surface area contributed by atoms with Crippen LogP contribution >= 0.6 is 11.8 Å². The van der Waals surface area contributed by atoms with Crippen LogP contribution in [-0.4, -0.2) is 24.5 Å². The molecule has 0 radical (unpaired) electrons. The number of rotatable bonds is 4. The topological polar surface area (TPSA) is 37.4 Å². The molecule has 3 nitrogen and oxygen atoms in total. The summed E-state index contributed by atoms with van der Waals surface area (Å²) in [5.41, 5.74) is 0.727. The fourth-order valence-electron chi connectivity index (χ4n) is 1.23. The molecule has 0 unspecified atom stereocenters. The third-order valence-electron chi connectivity index (χ3n) is 2.03. The summed E-state index contributed by atoms with van der Waals surface area (Å²) in [6, 6.07) is 7.58. The molecule has 0 bridgehead atoms. The van der Waals surface area contributed by atoms with Crippen molar-refractivity contribution in [3.8, 4) is 0 Å². The Morgan fingerprint density at radius 1 is 1.31 bits per heavy atom. The lowest BCUT2D eigenvalue weighted by atomic mass is 10.3. The molecule has 0 aliphatic rings. The molecule has 0 N–H and O–H groups in total. The van der Waals surface area contributed by atoms with Gasteiger partial charge in [-0.15, -0.1) is 11.8 Å². The van der Waals surface area contributed by atoms with Crippen molar-refractivity contribution >= 4 is 29.6 Å². The predicted octanol–water partition coefficient (Wildman–Crippen LogP) is 2.35. The Morgan fingerprint density at radius 2 is 1.88 bits per heavy atom. The first-order valence-corrected chi connectivity index (χ1v) is 5.92. The number of amides is 1. The summed E-state index contributed by atoms with van der Waals surface area (Å²) < 4.78 is 0. The van der Waals surface area contributed by atoms with E-state index in [1.54, 1.807) is 18.8 Å². The molecule has 0 spiro atoms. The van der Waals surface area contributed by atoms with Crippen LogP contribution in [0.5, 0.6) is 0 Å². The average molecular weight is 237 g/mol. The van der Waals surface area contributed by atoms with Gasteiger partial charge in [-0.1, -0.05) is 13.8 Å². The van der Waals surface area contributed by atoms with E-state index in [-0.39, 0.29) is 0 Å². The highest BCUT2D eigenvalue weighted by molar-refractivity contribution is 7.99. The summed E-state index contributed by atoms with van der Waals surface area (Å²) in [6.45, 7) is 4.25. The second kappa shape index (κ2) is 5.70. The van der Waals surface area contributed by atoms with Crippen molar-refractivity contribution in [2.45, 2.75) is 24.0 Å². The van der Waals surface area contributed by atoms with Gasteiger partial charge in [0.1, 0.15) is 0 Å². The van der Waals surface area contributed by atoms with Crippen molar-refractivity contribution < 1.29 is 9.59 Å². The van der Waals surface area contributed by atoms with Gasteiger partial charge >= 0.3 is 0 Å². The first-order chi connectivity index (χ1) is 7.54. The standard InChI is InChI=1S/C12H15NO2S/c1-9(2)16-11-6-4-10(5-7-11)13(3)12(15)8-14/h4-9H,1-3H3. The number of carbonyl (C=O) groups excluding carboxylic acids is 2. The second-order valence-corrected chi connectivity index (χ2v) is 5.33. The summed E-state index contributed by atoms with van der Waals surface area (Å²) in [4.78, 5) is 24.0. The predicted molar refractivity (Wildman–Crippen MR) is 66.9 cm³/mol. The number of thioether (sulfide) groups is 1. The SMILES string of the molecule is CC(C)Sc1ccc(N(C)C(=O)C=O)cc1. The number of carbonyl (C=O) groups is 2. The number of nitrogens with zero attached hydrogens (tertiary/aromatic N) is 1. The minimum atomic E-state index is -0.538. The molecule has 0 atom stereocenters. The number of likely N-dealkylation sites (N-methyl/N-ethyl adjacent to an activating group) is 1. The van der Waals surface area contributed by atoms with Crippen LogP contribution in [-0.2, 0) is 9.59 Å². The van der Waals surface area contributed by atoms with Crippen LogP contribution in [0.1, 0.15) is 13.8 Å².